The van der Waals surface area contributed by atoms with Gasteiger partial charge in [0.15, 0.2) is 5.65 Å². The molecular weight excluding hydrogens is 232 g/mol. The SMILES string of the molecule is Nc1nc(N2CCOC3(CC3)C2)c2cn[nH]c2n1. The molecule has 2 fully saturated rings. The van der Waals surface area contributed by atoms with Crippen LogP contribution in [0.25, 0.3) is 11.0 Å². The third kappa shape index (κ3) is 1.43. The van der Waals surface area contributed by atoms with Gasteiger partial charge in [0.05, 0.1) is 23.8 Å². The number of nitrogen functional groups attached to an aromatic ring is 1. The Morgan fingerprint density at radius 2 is 2.28 bits per heavy atom. The summed E-state index contributed by atoms with van der Waals surface area (Å²) in [5.41, 5.74) is 6.50. The number of nitrogens with zero attached hydrogens (tertiary/aromatic N) is 4. The van der Waals surface area contributed by atoms with Crippen LogP contribution in [0.15, 0.2) is 6.20 Å². The zero-order valence-corrected chi connectivity index (χ0v) is 9.89. The lowest BCUT2D eigenvalue weighted by molar-refractivity contribution is 0.0205. The van der Waals surface area contributed by atoms with Crippen LogP contribution in [-0.2, 0) is 4.74 Å². The van der Waals surface area contributed by atoms with Gasteiger partial charge in [-0.2, -0.15) is 15.1 Å². The van der Waals surface area contributed by atoms with E-state index in [0.29, 0.717) is 5.65 Å². The highest BCUT2D eigenvalue weighted by molar-refractivity contribution is 5.87. The molecule has 2 aromatic heterocycles. The quantitative estimate of drug-likeness (QED) is 0.752. The molecule has 0 amide bonds. The summed E-state index contributed by atoms with van der Waals surface area (Å²) in [6, 6.07) is 0. The highest BCUT2D eigenvalue weighted by Gasteiger charge is 2.47. The number of hydrogen-bond acceptors (Lipinski definition) is 6. The predicted molar refractivity (Wildman–Crippen MR) is 66.2 cm³/mol. The van der Waals surface area contributed by atoms with Gasteiger partial charge in [-0.1, -0.05) is 0 Å². The van der Waals surface area contributed by atoms with E-state index in [1.807, 2.05) is 0 Å². The summed E-state index contributed by atoms with van der Waals surface area (Å²) in [6.07, 6.45) is 4.02. The summed E-state index contributed by atoms with van der Waals surface area (Å²) in [6.45, 7) is 2.45. The highest BCUT2D eigenvalue weighted by Crippen LogP contribution is 2.43. The maximum Gasteiger partial charge on any atom is 0.224 e. The summed E-state index contributed by atoms with van der Waals surface area (Å²) in [5, 5.41) is 7.76. The molecular formula is C11H14N6O. The van der Waals surface area contributed by atoms with Crippen molar-refractivity contribution in [2.24, 2.45) is 0 Å². The average molecular weight is 246 g/mol. The van der Waals surface area contributed by atoms with Crippen LogP contribution in [0.3, 0.4) is 0 Å². The van der Waals surface area contributed by atoms with Crippen molar-refractivity contribution >= 4 is 22.8 Å². The van der Waals surface area contributed by atoms with Gasteiger partial charge in [-0.05, 0) is 12.8 Å². The molecule has 1 saturated heterocycles. The van der Waals surface area contributed by atoms with E-state index in [1.165, 1.54) is 0 Å². The topological polar surface area (TPSA) is 93.0 Å². The maximum absolute atomic E-state index is 5.81. The Bertz CT molecular complexity index is 605. The number of nitrogens with one attached hydrogen (secondary N) is 1. The van der Waals surface area contributed by atoms with Gasteiger partial charge < -0.3 is 15.4 Å². The predicted octanol–water partition coefficient (Wildman–Crippen LogP) is 0.304. The van der Waals surface area contributed by atoms with Crippen LogP contribution in [0.1, 0.15) is 12.8 Å². The van der Waals surface area contributed by atoms with Gasteiger partial charge in [0, 0.05) is 13.1 Å². The van der Waals surface area contributed by atoms with Crippen molar-refractivity contribution in [3.8, 4) is 0 Å². The van der Waals surface area contributed by atoms with E-state index in [4.69, 9.17) is 10.5 Å². The third-order valence-corrected chi connectivity index (χ3v) is 3.66. The molecule has 2 aromatic rings. The molecule has 7 heteroatoms. The van der Waals surface area contributed by atoms with Crippen LogP contribution in [0.2, 0.25) is 0 Å². The van der Waals surface area contributed by atoms with Crippen molar-refractivity contribution < 1.29 is 4.74 Å². The van der Waals surface area contributed by atoms with Crippen LogP contribution < -0.4 is 10.6 Å². The number of rotatable bonds is 1. The summed E-state index contributed by atoms with van der Waals surface area (Å²) >= 11 is 0. The Balaban J connectivity index is 1.78. The van der Waals surface area contributed by atoms with E-state index in [9.17, 15) is 0 Å². The largest absolute Gasteiger partial charge is 0.371 e. The number of nitrogens with two attached hydrogens (primary N) is 1. The first-order valence-corrected chi connectivity index (χ1v) is 6.11. The number of aromatic amines is 1. The monoisotopic (exact) mass is 246 g/mol. The Morgan fingerprint density at radius 1 is 1.39 bits per heavy atom. The van der Waals surface area contributed by atoms with Gasteiger partial charge in [0.25, 0.3) is 0 Å². The number of aromatic nitrogens is 4. The van der Waals surface area contributed by atoms with E-state index in [2.05, 4.69) is 25.1 Å². The van der Waals surface area contributed by atoms with Crippen molar-refractivity contribution in [1.29, 1.82) is 0 Å². The lowest BCUT2D eigenvalue weighted by atomic mass is 10.2. The molecule has 0 atom stereocenters. The highest BCUT2D eigenvalue weighted by atomic mass is 16.5. The number of morpholine rings is 1. The molecule has 94 valence electrons. The summed E-state index contributed by atoms with van der Waals surface area (Å²) in [5.74, 6) is 1.14. The lowest BCUT2D eigenvalue weighted by Crippen LogP contribution is -2.44. The Morgan fingerprint density at radius 3 is 3.11 bits per heavy atom. The average Bonchev–Trinajstić information content (AvgIpc) is 2.93. The van der Waals surface area contributed by atoms with Crippen molar-refractivity contribution in [2.45, 2.75) is 18.4 Å². The Kier molecular flexibility index (Phi) is 1.86. The first-order valence-electron chi connectivity index (χ1n) is 6.11. The van der Waals surface area contributed by atoms with Gasteiger partial charge >= 0.3 is 0 Å². The molecule has 1 saturated carbocycles. The minimum atomic E-state index is 0.0635. The fraction of sp³-hybridized carbons (Fsp3) is 0.545. The molecule has 7 nitrogen and oxygen atoms in total. The number of hydrogen-bond donors (Lipinski definition) is 2. The van der Waals surface area contributed by atoms with Gasteiger partial charge in [0.2, 0.25) is 5.95 Å². The molecule has 1 spiro atoms. The van der Waals surface area contributed by atoms with Crippen molar-refractivity contribution in [2.75, 3.05) is 30.3 Å². The van der Waals surface area contributed by atoms with Crippen LogP contribution in [0, 0.1) is 0 Å². The molecule has 4 rings (SSSR count). The molecule has 18 heavy (non-hydrogen) atoms. The lowest BCUT2D eigenvalue weighted by Gasteiger charge is -2.34. The summed E-state index contributed by atoms with van der Waals surface area (Å²) in [4.78, 5) is 10.7. The van der Waals surface area contributed by atoms with Crippen LogP contribution in [0.4, 0.5) is 11.8 Å². The fourth-order valence-electron chi connectivity index (χ4n) is 2.55. The van der Waals surface area contributed by atoms with E-state index in [1.54, 1.807) is 6.20 Å². The minimum Gasteiger partial charge on any atom is -0.371 e. The molecule has 1 aliphatic carbocycles. The smallest absolute Gasteiger partial charge is 0.224 e. The van der Waals surface area contributed by atoms with E-state index >= 15 is 0 Å². The second-order valence-electron chi connectivity index (χ2n) is 4.99. The number of fused-ring (bicyclic) bond motifs is 1. The van der Waals surface area contributed by atoms with E-state index in [0.717, 1.165) is 43.7 Å². The van der Waals surface area contributed by atoms with Crippen LogP contribution >= 0.6 is 0 Å². The van der Waals surface area contributed by atoms with Gasteiger partial charge in [-0.3, -0.25) is 5.10 Å². The second kappa shape index (κ2) is 3.32. The first kappa shape index (κ1) is 10.1. The summed E-state index contributed by atoms with van der Waals surface area (Å²) < 4.78 is 5.81. The van der Waals surface area contributed by atoms with E-state index in [-0.39, 0.29) is 11.5 Å². The Hall–Kier alpha value is -1.89. The molecule has 2 aliphatic rings. The third-order valence-electron chi connectivity index (χ3n) is 3.66. The fourth-order valence-corrected chi connectivity index (χ4v) is 2.55. The minimum absolute atomic E-state index is 0.0635. The normalized spacial score (nSPS) is 21.7. The van der Waals surface area contributed by atoms with Gasteiger partial charge in [-0.15, -0.1) is 0 Å². The molecule has 3 heterocycles. The zero-order valence-electron chi connectivity index (χ0n) is 9.89. The number of H-pyrrole nitrogens is 1. The number of anilines is 2. The van der Waals surface area contributed by atoms with E-state index < -0.39 is 0 Å². The van der Waals surface area contributed by atoms with Crippen molar-refractivity contribution in [1.82, 2.24) is 20.2 Å². The second-order valence-corrected chi connectivity index (χ2v) is 4.99. The molecule has 0 unspecified atom stereocenters. The standard InChI is InChI=1S/C11H14N6O/c12-10-14-8-7(5-13-16-8)9(15-10)17-3-4-18-11(6-17)1-2-11/h5H,1-4,6H2,(H3,12,13,14,15,16). The molecule has 3 N–H and O–H groups in total. The Labute approximate surface area is 103 Å². The zero-order chi connectivity index (χ0) is 12.2. The summed E-state index contributed by atoms with van der Waals surface area (Å²) in [7, 11) is 0. The van der Waals surface area contributed by atoms with Crippen LogP contribution in [0.5, 0.6) is 0 Å². The molecule has 1 aliphatic heterocycles. The van der Waals surface area contributed by atoms with Crippen molar-refractivity contribution in [3.05, 3.63) is 6.20 Å². The first-order chi connectivity index (χ1) is 8.76. The number of ether oxygens (including phenoxy) is 1. The molecule has 0 aromatic carbocycles. The van der Waals surface area contributed by atoms with Crippen molar-refractivity contribution in [3.63, 3.8) is 0 Å². The van der Waals surface area contributed by atoms with Crippen LogP contribution in [-0.4, -0.2) is 45.5 Å². The molecule has 0 bridgehead atoms. The van der Waals surface area contributed by atoms with Gasteiger partial charge in [0.1, 0.15) is 5.82 Å². The van der Waals surface area contributed by atoms with Gasteiger partial charge in [-0.25, -0.2) is 0 Å². The maximum atomic E-state index is 5.81. The molecule has 0 radical (unpaired) electrons.